The van der Waals surface area contributed by atoms with Crippen molar-refractivity contribution in [2.75, 3.05) is 0 Å². The lowest BCUT2D eigenvalue weighted by molar-refractivity contribution is -0.137. The summed E-state index contributed by atoms with van der Waals surface area (Å²) < 4.78 is 39.3. The Labute approximate surface area is 110 Å². The van der Waals surface area contributed by atoms with Crippen LogP contribution in [-0.4, -0.2) is 23.1 Å². The van der Waals surface area contributed by atoms with Gasteiger partial charge in [-0.1, -0.05) is 30.9 Å². The summed E-state index contributed by atoms with van der Waals surface area (Å²) in [4.78, 5) is 0. The van der Waals surface area contributed by atoms with Gasteiger partial charge in [0.15, 0.2) is 0 Å². The highest BCUT2D eigenvalue weighted by atomic mass is 28.3. The molecule has 19 heavy (non-hydrogen) atoms. The zero-order valence-corrected chi connectivity index (χ0v) is 11.9. The molecule has 0 spiro atoms. The molecule has 0 aliphatic rings. The Morgan fingerprint density at radius 2 is 1.84 bits per heavy atom. The van der Waals surface area contributed by atoms with Crippen molar-refractivity contribution in [1.29, 1.82) is 0 Å². The van der Waals surface area contributed by atoms with Gasteiger partial charge < -0.3 is 0 Å². The van der Waals surface area contributed by atoms with Gasteiger partial charge in [-0.2, -0.15) is 13.2 Å². The second-order valence-corrected chi connectivity index (χ2v) is 10.4. The van der Waals surface area contributed by atoms with Gasteiger partial charge in [0.2, 0.25) is 0 Å². The maximum Gasteiger partial charge on any atom is 0.416 e. The third-order valence-corrected chi connectivity index (χ3v) is 4.47. The molecule has 0 saturated heterocycles. The zero-order valence-electron chi connectivity index (χ0n) is 10.9. The summed E-state index contributed by atoms with van der Waals surface area (Å²) in [7, 11) is -1.61. The number of aromatic nitrogens is 3. The molecule has 0 radical (unpaired) electrons. The zero-order chi connectivity index (χ0) is 14.3. The topological polar surface area (TPSA) is 30.7 Å². The summed E-state index contributed by atoms with van der Waals surface area (Å²) in [6.45, 7) is 6.31. The average molecular weight is 285 g/mol. The third-order valence-electron chi connectivity index (χ3n) is 2.70. The lowest BCUT2D eigenvalue weighted by Gasteiger charge is -2.10. The summed E-state index contributed by atoms with van der Waals surface area (Å²) in [5.74, 6) is 0. The first-order valence-electron chi connectivity index (χ1n) is 5.78. The molecule has 0 bridgehead atoms. The minimum atomic E-state index is -4.35. The van der Waals surface area contributed by atoms with Crippen LogP contribution in [0.1, 0.15) is 5.56 Å². The lowest BCUT2D eigenvalue weighted by Crippen LogP contribution is -2.38. The number of benzene rings is 1. The highest BCUT2D eigenvalue weighted by molar-refractivity contribution is 6.88. The van der Waals surface area contributed by atoms with Crippen LogP contribution in [0.15, 0.2) is 30.5 Å². The molecule has 1 aromatic carbocycles. The van der Waals surface area contributed by atoms with Crippen LogP contribution in [0.5, 0.6) is 0 Å². The van der Waals surface area contributed by atoms with Crippen molar-refractivity contribution in [3.63, 3.8) is 0 Å². The first-order valence-corrected chi connectivity index (χ1v) is 9.28. The first kappa shape index (κ1) is 13.8. The molecule has 0 fully saturated rings. The fourth-order valence-electron chi connectivity index (χ4n) is 1.56. The minimum absolute atomic E-state index is 0.367. The van der Waals surface area contributed by atoms with Crippen LogP contribution >= 0.6 is 0 Å². The van der Waals surface area contributed by atoms with Gasteiger partial charge in [0.05, 0.1) is 16.6 Å². The van der Waals surface area contributed by atoms with Crippen LogP contribution in [0.4, 0.5) is 13.2 Å². The molecule has 0 amide bonds. The van der Waals surface area contributed by atoms with Crippen molar-refractivity contribution < 1.29 is 13.2 Å². The van der Waals surface area contributed by atoms with E-state index in [1.807, 2.05) is 0 Å². The highest BCUT2D eigenvalue weighted by Gasteiger charge is 2.30. The monoisotopic (exact) mass is 285 g/mol. The van der Waals surface area contributed by atoms with E-state index in [0.717, 1.165) is 17.4 Å². The molecule has 2 rings (SSSR count). The predicted molar refractivity (Wildman–Crippen MR) is 69.3 cm³/mol. The Hall–Kier alpha value is -1.63. The Bertz CT molecular complexity index is 584. The molecule has 3 nitrogen and oxygen atoms in total. The van der Waals surface area contributed by atoms with E-state index in [-0.39, 0.29) is 0 Å². The van der Waals surface area contributed by atoms with E-state index in [9.17, 15) is 13.2 Å². The van der Waals surface area contributed by atoms with Crippen LogP contribution in [0, 0.1) is 0 Å². The van der Waals surface area contributed by atoms with Gasteiger partial charge in [0.25, 0.3) is 0 Å². The van der Waals surface area contributed by atoms with Crippen molar-refractivity contribution in [3.05, 3.63) is 36.0 Å². The van der Waals surface area contributed by atoms with E-state index in [0.29, 0.717) is 5.69 Å². The van der Waals surface area contributed by atoms with E-state index in [2.05, 4.69) is 30.0 Å². The quantitative estimate of drug-likeness (QED) is 0.794. The SMILES string of the molecule is C[Si](C)(C)c1cn(-c2cccc(C(F)(F)F)c2)nn1. The van der Waals surface area contributed by atoms with Gasteiger partial charge in [-0.3, -0.25) is 0 Å². The molecule has 0 unspecified atom stereocenters. The normalized spacial score (nSPS) is 12.7. The Morgan fingerprint density at radius 3 is 2.37 bits per heavy atom. The van der Waals surface area contributed by atoms with Crippen LogP contribution in [-0.2, 0) is 6.18 Å². The van der Waals surface area contributed by atoms with E-state index in [1.54, 1.807) is 12.3 Å². The van der Waals surface area contributed by atoms with Gasteiger partial charge in [-0.05, 0) is 18.2 Å². The summed E-state index contributed by atoms with van der Waals surface area (Å²) in [6, 6.07) is 5.06. The molecule has 0 aliphatic carbocycles. The Morgan fingerprint density at radius 1 is 1.16 bits per heavy atom. The standard InChI is InChI=1S/C12H14F3N3Si/c1-19(2,3)11-8-18(17-16-11)10-6-4-5-9(7-10)12(13,14)15/h4-8H,1-3H3. The summed E-state index contributed by atoms with van der Waals surface area (Å²) in [5, 5.41) is 8.82. The number of alkyl halides is 3. The lowest BCUT2D eigenvalue weighted by atomic mass is 10.2. The van der Waals surface area contributed by atoms with Gasteiger partial charge in [-0.15, -0.1) is 5.10 Å². The molecule has 1 heterocycles. The molecule has 102 valence electrons. The van der Waals surface area contributed by atoms with E-state index in [1.165, 1.54) is 10.7 Å². The molecule has 1 aromatic heterocycles. The minimum Gasteiger partial charge on any atom is -0.221 e. The van der Waals surface area contributed by atoms with Crippen molar-refractivity contribution in [2.45, 2.75) is 25.8 Å². The van der Waals surface area contributed by atoms with Crippen molar-refractivity contribution >= 4 is 13.4 Å². The van der Waals surface area contributed by atoms with Gasteiger partial charge in [0, 0.05) is 6.20 Å². The van der Waals surface area contributed by atoms with E-state index >= 15 is 0 Å². The van der Waals surface area contributed by atoms with E-state index in [4.69, 9.17) is 0 Å². The van der Waals surface area contributed by atoms with Crippen molar-refractivity contribution in [1.82, 2.24) is 15.0 Å². The predicted octanol–water partition coefficient (Wildman–Crippen LogP) is 2.83. The molecule has 0 saturated carbocycles. The van der Waals surface area contributed by atoms with Gasteiger partial charge >= 0.3 is 6.18 Å². The molecule has 0 N–H and O–H groups in total. The number of halogens is 3. The number of rotatable bonds is 2. The van der Waals surface area contributed by atoms with Crippen molar-refractivity contribution in [2.24, 2.45) is 0 Å². The van der Waals surface area contributed by atoms with Gasteiger partial charge in [-0.25, -0.2) is 4.68 Å². The maximum atomic E-state index is 12.6. The Balaban J connectivity index is 2.40. The maximum absolute atomic E-state index is 12.6. The second-order valence-electron chi connectivity index (χ2n) is 5.35. The summed E-state index contributed by atoms with van der Waals surface area (Å²) in [6.07, 6.45) is -2.64. The molecule has 0 aliphatic heterocycles. The van der Waals surface area contributed by atoms with Crippen LogP contribution in [0.2, 0.25) is 19.6 Å². The van der Waals surface area contributed by atoms with Crippen LogP contribution in [0.3, 0.4) is 0 Å². The highest BCUT2D eigenvalue weighted by Crippen LogP contribution is 2.30. The fraction of sp³-hybridized carbons (Fsp3) is 0.333. The number of hydrogen-bond acceptors (Lipinski definition) is 2. The largest absolute Gasteiger partial charge is 0.416 e. The Kier molecular flexibility index (Phi) is 3.25. The molecular formula is C12H14F3N3Si. The average Bonchev–Trinajstić information content (AvgIpc) is 2.77. The smallest absolute Gasteiger partial charge is 0.221 e. The third kappa shape index (κ3) is 3.03. The fourth-order valence-corrected chi connectivity index (χ4v) is 2.41. The summed E-state index contributed by atoms with van der Waals surface area (Å²) in [5.41, 5.74) is -0.318. The van der Waals surface area contributed by atoms with E-state index < -0.39 is 19.8 Å². The second kappa shape index (κ2) is 4.48. The molecule has 0 atom stereocenters. The molecule has 2 aromatic rings. The number of hydrogen-bond donors (Lipinski definition) is 0. The molecular weight excluding hydrogens is 271 g/mol. The molecule has 7 heteroatoms. The summed E-state index contributed by atoms with van der Waals surface area (Å²) >= 11 is 0. The van der Waals surface area contributed by atoms with Crippen LogP contribution < -0.4 is 5.32 Å². The van der Waals surface area contributed by atoms with Gasteiger partial charge in [0.1, 0.15) is 8.07 Å². The van der Waals surface area contributed by atoms with Crippen molar-refractivity contribution in [3.8, 4) is 5.69 Å². The first-order chi connectivity index (χ1) is 8.68. The number of nitrogens with zero attached hydrogens (tertiary/aromatic N) is 3. The van der Waals surface area contributed by atoms with Crippen LogP contribution in [0.25, 0.3) is 5.69 Å².